The number of nitrogens with one attached hydrogen (secondary N) is 3. The molecule has 1 unspecified atom stereocenters. The summed E-state index contributed by atoms with van der Waals surface area (Å²) in [4.78, 5) is 48.1. The largest absolute Gasteiger partial charge is 0.744 e. The molecule has 27 nitrogen and oxygen atoms in total. The molecule has 1 saturated heterocycles. The zero-order valence-corrected chi connectivity index (χ0v) is 57.9. The Balaban J connectivity index is 0.895. The Morgan fingerprint density at radius 3 is 2.05 bits per heavy atom. The lowest BCUT2D eigenvalue weighted by Gasteiger charge is -2.40. The molecule has 2 aromatic carbocycles. The van der Waals surface area contributed by atoms with Crippen LogP contribution in [0.2, 0.25) is 0 Å². The van der Waals surface area contributed by atoms with Crippen molar-refractivity contribution in [1.82, 2.24) is 20.9 Å². The molecule has 1 aliphatic carbocycles. The van der Waals surface area contributed by atoms with Crippen molar-refractivity contribution in [2.24, 2.45) is 11.8 Å². The number of aliphatic hydroxyl groups excluding tert-OH is 1. The molecule has 0 radical (unpaired) electrons. The van der Waals surface area contributed by atoms with Gasteiger partial charge in [-0.2, -0.15) is 29.8 Å². The summed E-state index contributed by atoms with van der Waals surface area (Å²) in [6.45, 7) is 12.5. The first kappa shape index (κ1) is 76.1. The Kier molecular flexibility index (Phi) is 26.4. The van der Waals surface area contributed by atoms with Crippen molar-refractivity contribution in [1.29, 1.82) is 0 Å². The number of fused-ring (bicyclic) bond motifs is 2. The van der Waals surface area contributed by atoms with Crippen LogP contribution in [0, 0.1) is 11.8 Å². The van der Waals surface area contributed by atoms with E-state index in [1.807, 2.05) is 45.6 Å². The first-order chi connectivity index (χ1) is 44.8. The molecular weight excluding hydrogens is 1320 g/mol. The summed E-state index contributed by atoms with van der Waals surface area (Å²) in [5.41, 5.74) is 1.37. The van der Waals surface area contributed by atoms with E-state index in [2.05, 4.69) is 25.8 Å². The molecular formula is C64H91N7O20S4. The number of rotatable bonds is 40. The molecule has 1 saturated carbocycles. The molecule has 4 aliphatic rings. The fourth-order valence-electron chi connectivity index (χ4n) is 12.3. The van der Waals surface area contributed by atoms with Gasteiger partial charge in [0.05, 0.1) is 65.9 Å². The van der Waals surface area contributed by atoms with Gasteiger partial charge in [-0.3, -0.25) is 28.0 Å². The van der Waals surface area contributed by atoms with E-state index in [9.17, 15) is 71.4 Å². The van der Waals surface area contributed by atoms with Gasteiger partial charge < -0.3 is 54.4 Å². The molecule has 7 rings (SSSR count). The normalized spacial score (nSPS) is 19.4. The molecule has 3 amide bonds. The van der Waals surface area contributed by atoms with E-state index in [1.54, 1.807) is 54.2 Å². The average molecular weight is 1410 g/mol. The monoisotopic (exact) mass is 1410 g/mol. The van der Waals surface area contributed by atoms with Gasteiger partial charge in [-0.25, -0.2) is 13.4 Å². The average Bonchev–Trinajstić information content (AvgIpc) is 1.60. The number of ether oxygens (including phenoxy) is 4. The summed E-state index contributed by atoms with van der Waals surface area (Å²) >= 11 is 0. The van der Waals surface area contributed by atoms with Crippen LogP contribution in [-0.2, 0) is 75.1 Å². The number of unbranched alkanes of at least 4 members (excludes halogenated alkanes) is 3. The molecule has 95 heavy (non-hydrogen) atoms. The maximum absolute atomic E-state index is 13.7. The van der Waals surface area contributed by atoms with Crippen LogP contribution < -0.4 is 30.5 Å². The van der Waals surface area contributed by atoms with Gasteiger partial charge in [0.15, 0.2) is 5.71 Å². The summed E-state index contributed by atoms with van der Waals surface area (Å²) in [5.74, 6) is -1.41. The van der Waals surface area contributed by atoms with E-state index in [4.69, 9.17) is 18.9 Å². The van der Waals surface area contributed by atoms with Gasteiger partial charge in [0.1, 0.15) is 33.6 Å². The van der Waals surface area contributed by atoms with Crippen molar-refractivity contribution >= 4 is 81.0 Å². The van der Waals surface area contributed by atoms with Gasteiger partial charge >= 0.3 is 0 Å². The van der Waals surface area contributed by atoms with Gasteiger partial charge in [-0.15, -0.1) is 0 Å². The second-order valence-electron chi connectivity index (χ2n) is 25.0. The van der Waals surface area contributed by atoms with Crippen molar-refractivity contribution in [3.63, 3.8) is 0 Å². The summed E-state index contributed by atoms with van der Waals surface area (Å²) in [6.07, 6.45) is 13.0. The third-order valence-corrected chi connectivity index (χ3v) is 21.4. The second-order valence-corrected chi connectivity index (χ2v) is 31.0. The molecule has 0 bridgehead atoms. The number of anilines is 2. The second kappa shape index (κ2) is 32.9. The number of carbonyl (C=O) groups excluding carboxylic acids is 3. The predicted molar refractivity (Wildman–Crippen MR) is 354 cm³/mol. The molecule has 2 fully saturated rings. The number of aromatic nitrogens is 1. The molecule has 7 N–H and O–H groups in total. The number of methoxy groups -OCH3 is 1. The number of benzene rings is 2. The van der Waals surface area contributed by atoms with Crippen LogP contribution in [0.5, 0.6) is 5.88 Å². The fourth-order valence-corrected chi connectivity index (χ4v) is 14.4. The van der Waals surface area contributed by atoms with E-state index >= 15 is 0 Å². The van der Waals surface area contributed by atoms with Crippen LogP contribution >= 0.6 is 0 Å². The minimum absolute atomic E-state index is 0.0103. The van der Waals surface area contributed by atoms with E-state index in [0.29, 0.717) is 104 Å². The predicted octanol–water partition coefficient (Wildman–Crippen LogP) is 5.38. The van der Waals surface area contributed by atoms with E-state index < -0.39 is 79.1 Å². The topological polar surface area (TPSA) is 387 Å². The molecule has 1 aromatic heterocycles. The number of hydrogen-bond donors (Lipinski definition) is 7. The Morgan fingerprint density at radius 2 is 1.42 bits per heavy atom. The number of hydrogen-bond acceptors (Lipinski definition) is 20. The summed E-state index contributed by atoms with van der Waals surface area (Å²) < 4.78 is 162. The fraction of sp³-hybridized carbons (Fsp3) is 0.578. The van der Waals surface area contributed by atoms with Gasteiger partial charge in [0, 0.05) is 93.8 Å². The van der Waals surface area contributed by atoms with Crippen molar-refractivity contribution < 1.29 is 94.9 Å². The Bertz CT molecular complexity index is 3830. The first-order valence-electron chi connectivity index (χ1n) is 31.9. The maximum atomic E-state index is 13.7. The minimum atomic E-state index is -4.82. The molecule has 0 spiro atoms. The highest BCUT2D eigenvalue weighted by molar-refractivity contribution is 7.86. The lowest BCUT2D eigenvalue weighted by atomic mass is 9.77. The van der Waals surface area contributed by atoms with Gasteiger partial charge in [-0.1, -0.05) is 44.9 Å². The molecule has 3 aliphatic heterocycles. The summed E-state index contributed by atoms with van der Waals surface area (Å²) in [5, 5.41) is 18.2. The third kappa shape index (κ3) is 20.4. The highest BCUT2D eigenvalue weighted by Crippen LogP contribution is 2.52. The zero-order valence-electron chi connectivity index (χ0n) is 54.7. The first-order valence-corrected chi connectivity index (χ1v) is 38.0. The van der Waals surface area contributed by atoms with E-state index in [-0.39, 0.29) is 119 Å². The Morgan fingerprint density at radius 1 is 0.768 bits per heavy atom. The van der Waals surface area contributed by atoms with Crippen LogP contribution in [0.25, 0.3) is 0 Å². The van der Waals surface area contributed by atoms with Crippen LogP contribution in [0.3, 0.4) is 0 Å². The highest BCUT2D eigenvalue weighted by atomic mass is 32.2. The zero-order chi connectivity index (χ0) is 69.6. The molecule has 4 heterocycles. The maximum Gasteiger partial charge on any atom is 0.294 e. The summed E-state index contributed by atoms with van der Waals surface area (Å²) in [6, 6.07) is 11.6. The van der Waals surface area contributed by atoms with Crippen LogP contribution in [0.4, 0.5) is 17.1 Å². The SMILES string of the molecule is CCC(CC)(NC(=O)c1ccc(N2CC(OC)C2)c(OC[C@H]2C[C@@H]2CO)n1)C(=O)NCCOCCOCCNC(=O)CCCCCC1(C)C(=CC=CC=CC2=[N+](CCCS(=O)(=O)O)c3ccc(S(=O)(=O)[O-])cc3C2(C)C)N(CCCCS(=O)(=O)O)c2ccc(S(=O)(=O)O)cc21. The molecule has 526 valence electrons. The standard InChI is InChI=1S/C64H91N7O20S4/c1-7-64(8-2,68-59(74)52-23-26-55(69-41-47(42-69)88-6)60(67-52)91-44-46-38-45(46)43-72)61(75)66-29-33-90-35-34-89-32-28-65-58(73)20-13-10-14-27-63(5)51-40-49(95(85,86)87)22-25-54(51)71(30-15-16-36-92(76,77)78)57(63)19-12-9-11-18-56-62(3,4)50-39-48(94(82,83)84)21-24-53(50)70(56)31-17-37-93(79,80)81/h9,11-12,18-19,21-26,39-40,45-47,72H,7-8,10,13-17,20,27-38,41-44H2,1-6H3,(H6-,65,66,68,73,74,75,76,77,78,79,80,81,82,83,84,85,86,87)/t45-,46-,63?/m1/s1. The molecule has 31 heteroatoms. The van der Waals surface area contributed by atoms with Crippen molar-refractivity contribution in [2.75, 3.05) is 107 Å². The number of aliphatic hydroxyl groups is 1. The quantitative estimate of drug-likeness (QED) is 0.0163. The van der Waals surface area contributed by atoms with Crippen LogP contribution in [0.15, 0.2) is 94.4 Å². The lowest BCUT2D eigenvalue weighted by molar-refractivity contribution is -0.437. The molecule has 3 aromatic rings. The Labute approximate surface area is 557 Å². The van der Waals surface area contributed by atoms with Gasteiger partial charge in [0.2, 0.25) is 23.4 Å². The lowest BCUT2D eigenvalue weighted by Crippen LogP contribution is -2.58. The van der Waals surface area contributed by atoms with Crippen molar-refractivity contribution in [2.45, 2.75) is 138 Å². The summed E-state index contributed by atoms with van der Waals surface area (Å²) in [7, 11) is -16.4. The minimum Gasteiger partial charge on any atom is -0.744 e. The number of nitrogens with zero attached hydrogens (tertiary/aromatic N) is 4. The molecule has 3 atom stereocenters. The number of amides is 3. The van der Waals surface area contributed by atoms with Crippen molar-refractivity contribution in [3.8, 4) is 5.88 Å². The number of pyridine rings is 1. The van der Waals surface area contributed by atoms with Gasteiger partial charge in [0.25, 0.3) is 36.3 Å². The third-order valence-electron chi connectivity index (χ3n) is 18.1. The van der Waals surface area contributed by atoms with Crippen LogP contribution in [0.1, 0.15) is 127 Å². The smallest absolute Gasteiger partial charge is 0.294 e. The van der Waals surface area contributed by atoms with Crippen LogP contribution in [-0.4, -0.2) is 199 Å². The van der Waals surface area contributed by atoms with E-state index in [0.717, 1.165) is 12.1 Å². The highest BCUT2D eigenvalue weighted by Gasteiger charge is 2.46. The number of allylic oxidation sites excluding steroid dienone is 6. The Hall–Kier alpha value is -6.23. The van der Waals surface area contributed by atoms with E-state index in [1.165, 1.54) is 30.3 Å². The van der Waals surface area contributed by atoms with Crippen molar-refractivity contribution in [3.05, 3.63) is 101 Å². The number of carbonyl (C=O) groups is 3. The van der Waals surface area contributed by atoms with Gasteiger partial charge in [-0.05, 0) is 132 Å².